The van der Waals surface area contributed by atoms with Gasteiger partial charge in [-0.15, -0.1) is 0 Å². The van der Waals surface area contributed by atoms with E-state index in [1.165, 1.54) is 24.8 Å². The van der Waals surface area contributed by atoms with Gasteiger partial charge in [0.1, 0.15) is 0 Å². The van der Waals surface area contributed by atoms with Crippen molar-refractivity contribution in [1.82, 2.24) is 4.90 Å². The van der Waals surface area contributed by atoms with Crippen LogP contribution < -0.4 is 10.2 Å². The summed E-state index contributed by atoms with van der Waals surface area (Å²) in [5, 5.41) is 3.03. The summed E-state index contributed by atoms with van der Waals surface area (Å²) in [5.41, 5.74) is 4.23. The maximum absolute atomic E-state index is 12.7. The van der Waals surface area contributed by atoms with E-state index in [1.807, 2.05) is 25.8 Å². The highest BCUT2D eigenvalue weighted by molar-refractivity contribution is 5.93. The van der Waals surface area contributed by atoms with Crippen molar-refractivity contribution in [3.05, 3.63) is 28.8 Å². The molecule has 1 atom stereocenters. The first-order valence-electron chi connectivity index (χ1n) is 10.3. The van der Waals surface area contributed by atoms with Gasteiger partial charge in [-0.05, 0) is 51.7 Å². The van der Waals surface area contributed by atoms with Crippen molar-refractivity contribution in [2.75, 3.05) is 32.0 Å². The van der Waals surface area contributed by atoms with E-state index in [9.17, 15) is 9.59 Å². The van der Waals surface area contributed by atoms with Crippen LogP contribution in [0.15, 0.2) is 12.1 Å². The van der Waals surface area contributed by atoms with Gasteiger partial charge in [0.2, 0.25) is 0 Å². The molecule has 2 rings (SSSR count). The number of aryl methyl sites for hydroxylation is 3. The zero-order valence-electron chi connectivity index (χ0n) is 17.7. The maximum atomic E-state index is 12.7. The quantitative estimate of drug-likeness (QED) is 0.769. The van der Waals surface area contributed by atoms with Gasteiger partial charge in [-0.25, -0.2) is 0 Å². The second kappa shape index (κ2) is 9.88. The number of rotatable bonds is 7. The van der Waals surface area contributed by atoms with E-state index >= 15 is 0 Å². The normalized spacial score (nSPS) is 16.0. The van der Waals surface area contributed by atoms with Crippen molar-refractivity contribution in [3.63, 3.8) is 0 Å². The molecule has 0 saturated heterocycles. The average molecular weight is 375 g/mol. The minimum atomic E-state index is -0.0453. The third-order valence-electron chi connectivity index (χ3n) is 5.53. The van der Waals surface area contributed by atoms with Gasteiger partial charge >= 0.3 is 0 Å². The number of likely N-dealkylation sites (N-methyl/N-ethyl adjacent to an activating group) is 2. The van der Waals surface area contributed by atoms with Crippen LogP contribution >= 0.6 is 0 Å². The summed E-state index contributed by atoms with van der Waals surface area (Å²) in [6.45, 7) is 9.55. The van der Waals surface area contributed by atoms with Gasteiger partial charge in [-0.1, -0.05) is 37.0 Å². The highest BCUT2D eigenvalue weighted by Crippen LogP contribution is 2.23. The number of hydrogen-bond acceptors (Lipinski definition) is 2. The first-order chi connectivity index (χ1) is 12.8. The van der Waals surface area contributed by atoms with Crippen molar-refractivity contribution >= 4 is 17.5 Å². The first-order valence-corrected chi connectivity index (χ1v) is 10.3. The summed E-state index contributed by atoms with van der Waals surface area (Å²) in [4.78, 5) is 28.2. The van der Waals surface area contributed by atoms with Crippen LogP contribution in [0, 0.1) is 20.8 Å². The van der Waals surface area contributed by atoms with Gasteiger partial charge in [0.15, 0.2) is 13.1 Å². The molecule has 0 heterocycles. The molecular formula is C22H36N3O2+. The van der Waals surface area contributed by atoms with E-state index in [2.05, 4.69) is 31.3 Å². The Hall–Kier alpha value is -1.88. The van der Waals surface area contributed by atoms with Crippen molar-refractivity contribution in [1.29, 1.82) is 0 Å². The molecule has 1 fully saturated rings. The molecule has 0 bridgehead atoms. The van der Waals surface area contributed by atoms with E-state index < -0.39 is 0 Å². The van der Waals surface area contributed by atoms with Crippen LogP contribution in [0.2, 0.25) is 0 Å². The predicted octanol–water partition coefficient (Wildman–Crippen LogP) is 2.25. The fourth-order valence-corrected chi connectivity index (χ4v) is 4.29. The molecule has 1 aliphatic carbocycles. The Morgan fingerprint density at radius 1 is 1.07 bits per heavy atom. The summed E-state index contributed by atoms with van der Waals surface area (Å²) in [5.74, 6) is 0.119. The van der Waals surface area contributed by atoms with Gasteiger partial charge < -0.3 is 15.1 Å². The highest BCUT2D eigenvalue weighted by atomic mass is 16.2. The van der Waals surface area contributed by atoms with Crippen LogP contribution in [-0.2, 0) is 9.59 Å². The molecule has 1 saturated carbocycles. The van der Waals surface area contributed by atoms with E-state index in [4.69, 9.17) is 0 Å². The topological polar surface area (TPSA) is 53.9 Å². The smallest absolute Gasteiger partial charge is 0.279 e. The van der Waals surface area contributed by atoms with Crippen LogP contribution in [0.5, 0.6) is 0 Å². The third-order valence-corrected chi connectivity index (χ3v) is 5.53. The molecule has 1 aromatic carbocycles. The third kappa shape index (κ3) is 6.06. The molecule has 0 aromatic heterocycles. The predicted molar refractivity (Wildman–Crippen MR) is 110 cm³/mol. The molecule has 5 heteroatoms. The van der Waals surface area contributed by atoms with Gasteiger partial charge in [-0.3, -0.25) is 9.59 Å². The van der Waals surface area contributed by atoms with Crippen LogP contribution in [0.1, 0.15) is 55.7 Å². The summed E-state index contributed by atoms with van der Waals surface area (Å²) in [7, 11) is 1.92. The molecule has 1 aromatic rings. The number of hydrogen-bond donors (Lipinski definition) is 2. The number of carbonyl (C=O) groups excluding carboxylic acids is 2. The number of anilines is 1. The number of nitrogens with zero attached hydrogens (tertiary/aromatic N) is 1. The average Bonchev–Trinajstić information content (AvgIpc) is 2.59. The summed E-state index contributed by atoms with van der Waals surface area (Å²) >= 11 is 0. The Morgan fingerprint density at radius 3 is 2.22 bits per heavy atom. The Balaban J connectivity index is 1.89. The monoisotopic (exact) mass is 374 g/mol. The van der Waals surface area contributed by atoms with Gasteiger partial charge in [-0.2, -0.15) is 0 Å². The number of carbonyl (C=O) groups is 2. The summed E-state index contributed by atoms with van der Waals surface area (Å²) in [6, 6.07) is 4.54. The number of amides is 2. The molecule has 2 N–H and O–H groups in total. The molecule has 150 valence electrons. The lowest BCUT2D eigenvalue weighted by Crippen LogP contribution is -3.11. The Morgan fingerprint density at radius 2 is 1.67 bits per heavy atom. The fourth-order valence-electron chi connectivity index (χ4n) is 4.29. The Bertz CT molecular complexity index is 643. The largest absolute Gasteiger partial charge is 0.335 e. The molecule has 1 aliphatic rings. The molecular weight excluding hydrogens is 338 g/mol. The first kappa shape index (κ1) is 21.4. The zero-order valence-corrected chi connectivity index (χ0v) is 17.7. The lowest BCUT2D eigenvalue weighted by atomic mass is 9.94. The highest BCUT2D eigenvalue weighted by Gasteiger charge is 2.26. The molecule has 0 radical (unpaired) electrons. The standard InChI is InChI=1S/C22H35N3O2/c1-6-25(19-10-8-7-9-11-19)21(27)15-24(5)14-20(26)23-22-17(3)12-16(2)13-18(22)4/h12-13,19H,6-11,14-15H2,1-5H3,(H,23,26)/p+1. The van der Waals surface area contributed by atoms with E-state index in [1.54, 1.807) is 0 Å². The van der Waals surface area contributed by atoms with Crippen molar-refractivity contribution < 1.29 is 14.5 Å². The lowest BCUT2D eigenvalue weighted by molar-refractivity contribution is -0.862. The molecule has 0 spiro atoms. The molecule has 27 heavy (non-hydrogen) atoms. The van der Waals surface area contributed by atoms with Crippen LogP contribution in [0.4, 0.5) is 5.69 Å². The SMILES string of the molecule is CCN(C(=O)C[NH+](C)CC(=O)Nc1c(C)cc(C)cc1C)C1CCCCC1. The van der Waals surface area contributed by atoms with Crippen LogP contribution in [-0.4, -0.2) is 49.4 Å². The Labute approximate surface area is 164 Å². The minimum Gasteiger partial charge on any atom is -0.335 e. The van der Waals surface area contributed by atoms with E-state index in [-0.39, 0.29) is 11.8 Å². The van der Waals surface area contributed by atoms with Crippen LogP contribution in [0.3, 0.4) is 0 Å². The van der Waals surface area contributed by atoms with E-state index in [0.717, 1.165) is 41.1 Å². The summed E-state index contributed by atoms with van der Waals surface area (Å²) in [6.07, 6.45) is 5.95. The molecule has 2 amide bonds. The van der Waals surface area contributed by atoms with Crippen molar-refractivity contribution in [2.24, 2.45) is 0 Å². The lowest BCUT2D eigenvalue weighted by Gasteiger charge is -2.33. The van der Waals surface area contributed by atoms with Gasteiger partial charge in [0, 0.05) is 18.3 Å². The number of quaternary nitrogens is 1. The number of nitrogens with one attached hydrogen (secondary N) is 2. The second-order valence-corrected chi connectivity index (χ2v) is 8.10. The van der Waals surface area contributed by atoms with Gasteiger partial charge in [0.25, 0.3) is 11.8 Å². The fraction of sp³-hybridized carbons (Fsp3) is 0.636. The summed E-state index contributed by atoms with van der Waals surface area (Å²) < 4.78 is 0. The van der Waals surface area contributed by atoms with Crippen LogP contribution in [0.25, 0.3) is 0 Å². The second-order valence-electron chi connectivity index (χ2n) is 8.10. The zero-order chi connectivity index (χ0) is 20.0. The minimum absolute atomic E-state index is 0.0453. The Kier molecular flexibility index (Phi) is 7.84. The molecule has 1 unspecified atom stereocenters. The maximum Gasteiger partial charge on any atom is 0.279 e. The number of benzene rings is 1. The van der Waals surface area contributed by atoms with Gasteiger partial charge in [0.05, 0.1) is 7.05 Å². The molecule has 5 nitrogen and oxygen atoms in total. The van der Waals surface area contributed by atoms with Crippen molar-refractivity contribution in [2.45, 2.75) is 65.8 Å². The van der Waals surface area contributed by atoms with Crippen molar-refractivity contribution in [3.8, 4) is 0 Å². The molecule has 0 aliphatic heterocycles. The van der Waals surface area contributed by atoms with E-state index in [0.29, 0.717) is 19.1 Å².